The van der Waals surface area contributed by atoms with E-state index in [-0.39, 0.29) is 31.9 Å². The molecule has 0 aliphatic heterocycles. The highest BCUT2D eigenvalue weighted by Gasteiger charge is 2.19. The third kappa shape index (κ3) is 5.39. The number of nitrogens with two attached hydrogens (primary N) is 1. The van der Waals surface area contributed by atoms with Crippen molar-refractivity contribution in [3.05, 3.63) is 62.1 Å². The Kier molecular flexibility index (Phi) is 6.56. The van der Waals surface area contributed by atoms with Gasteiger partial charge in [-0.2, -0.15) is 0 Å². The van der Waals surface area contributed by atoms with Crippen molar-refractivity contribution in [2.75, 3.05) is 11.9 Å². The van der Waals surface area contributed by atoms with Crippen molar-refractivity contribution in [1.82, 2.24) is 0 Å². The van der Waals surface area contributed by atoms with Crippen molar-refractivity contribution < 1.29 is 27.7 Å². The van der Waals surface area contributed by atoms with E-state index in [1.807, 2.05) is 0 Å². The van der Waals surface area contributed by atoms with Crippen molar-refractivity contribution in [3.8, 4) is 0 Å². The van der Waals surface area contributed by atoms with E-state index in [0.29, 0.717) is 0 Å². The number of nitro benzene ring substituents is 1. The number of nitrogens with one attached hydrogen (secondary N) is 1. The minimum absolute atomic E-state index is 0.0363. The fourth-order valence-electron chi connectivity index (χ4n) is 1.96. The van der Waals surface area contributed by atoms with Crippen molar-refractivity contribution >= 4 is 56.5 Å². The van der Waals surface area contributed by atoms with Crippen LogP contribution < -0.4 is 10.5 Å². The van der Waals surface area contributed by atoms with Gasteiger partial charge in [0.1, 0.15) is 0 Å². The van der Waals surface area contributed by atoms with Crippen molar-refractivity contribution in [3.63, 3.8) is 0 Å². The summed E-state index contributed by atoms with van der Waals surface area (Å²) < 4.78 is 27.5. The zero-order valence-electron chi connectivity index (χ0n) is 13.7. The monoisotopic (exact) mass is 447 g/mol. The van der Waals surface area contributed by atoms with Crippen LogP contribution in [0.25, 0.3) is 0 Å². The van der Waals surface area contributed by atoms with Gasteiger partial charge in [-0.1, -0.05) is 23.2 Å². The Hall–Kier alpha value is -2.73. The molecule has 2 aromatic rings. The molecule has 0 aliphatic carbocycles. The molecule has 28 heavy (non-hydrogen) atoms. The summed E-state index contributed by atoms with van der Waals surface area (Å²) in [5.74, 6) is -1.91. The van der Waals surface area contributed by atoms with Crippen LogP contribution in [0.2, 0.25) is 10.0 Å². The van der Waals surface area contributed by atoms with E-state index in [1.54, 1.807) is 0 Å². The fourth-order valence-corrected chi connectivity index (χ4v) is 2.85. The predicted octanol–water partition coefficient (Wildman–Crippen LogP) is 2.34. The van der Waals surface area contributed by atoms with Gasteiger partial charge < -0.3 is 10.1 Å². The van der Waals surface area contributed by atoms with Crippen LogP contribution in [0.3, 0.4) is 0 Å². The van der Waals surface area contributed by atoms with Gasteiger partial charge in [-0.3, -0.25) is 14.9 Å². The fraction of sp³-hybridized carbons (Fsp3) is 0.0667. The Labute approximate surface area is 168 Å². The van der Waals surface area contributed by atoms with Crippen molar-refractivity contribution in [2.24, 2.45) is 5.14 Å². The van der Waals surface area contributed by atoms with Gasteiger partial charge in [0, 0.05) is 12.1 Å². The van der Waals surface area contributed by atoms with Gasteiger partial charge in [0.25, 0.3) is 11.6 Å². The quantitative estimate of drug-likeness (QED) is 0.390. The van der Waals surface area contributed by atoms with Gasteiger partial charge in [0.2, 0.25) is 10.0 Å². The molecule has 0 aliphatic rings. The first-order chi connectivity index (χ1) is 13.0. The Morgan fingerprint density at radius 3 is 2.39 bits per heavy atom. The molecule has 148 valence electrons. The standard InChI is InChI=1S/C15H11Cl2N3O7S/c16-11-4-2-9(28(18,25)26)6-10(11)15(22)27-7-14(21)19-13-5-8(20(23)24)1-3-12(13)17/h1-6H,7H2,(H,19,21)(H2,18,25,26). The average Bonchev–Trinajstić information content (AvgIpc) is 2.60. The minimum atomic E-state index is -4.08. The summed E-state index contributed by atoms with van der Waals surface area (Å²) in [6.45, 7) is -0.784. The van der Waals surface area contributed by atoms with Gasteiger partial charge in [0.15, 0.2) is 6.61 Å². The number of ether oxygens (including phenoxy) is 1. The summed E-state index contributed by atoms with van der Waals surface area (Å²) in [5.41, 5.74) is -0.663. The highest BCUT2D eigenvalue weighted by molar-refractivity contribution is 7.89. The second kappa shape index (κ2) is 8.52. The van der Waals surface area contributed by atoms with Gasteiger partial charge >= 0.3 is 5.97 Å². The van der Waals surface area contributed by atoms with E-state index < -0.39 is 33.4 Å². The SMILES string of the molecule is NS(=O)(=O)c1ccc(Cl)c(C(=O)OCC(=O)Nc2cc([N+](=O)[O-])ccc2Cl)c1. The lowest BCUT2D eigenvalue weighted by atomic mass is 10.2. The van der Waals surface area contributed by atoms with Crippen LogP contribution in [-0.2, 0) is 19.6 Å². The van der Waals surface area contributed by atoms with E-state index in [9.17, 15) is 28.1 Å². The molecule has 0 saturated carbocycles. The predicted molar refractivity (Wildman–Crippen MR) is 99.8 cm³/mol. The van der Waals surface area contributed by atoms with Crippen LogP contribution in [-0.4, -0.2) is 31.8 Å². The third-order valence-electron chi connectivity index (χ3n) is 3.26. The number of anilines is 1. The number of primary sulfonamides is 1. The number of halogens is 2. The summed E-state index contributed by atoms with van der Waals surface area (Å²) in [7, 11) is -4.08. The lowest BCUT2D eigenvalue weighted by molar-refractivity contribution is -0.384. The van der Waals surface area contributed by atoms with Crippen LogP contribution in [0, 0.1) is 10.1 Å². The molecule has 10 nitrogen and oxygen atoms in total. The Morgan fingerprint density at radius 2 is 1.79 bits per heavy atom. The second-order valence-corrected chi connectivity index (χ2v) is 7.61. The number of hydrogen-bond acceptors (Lipinski definition) is 7. The lowest BCUT2D eigenvalue weighted by Gasteiger charge is -2.09. The lowest BCUT2D eigenvalue weighted by Crippen LogP contribution is -2.21. The second-order valence-electron chi connectivity index (χ2n) is 5.23. The van der Waals surface area contributed by atoms with Crippen molar-refractivity contribution in [1.29, 1.82) is 0 Å². The van der Waals surface area contributed by atoms with Crippen LogP contribution in [0.5, 0.6) is 0 Å². The molecule has 0 atom stereocenters. The van der Waals surface area contributed by atoms with E-state index in [4.69, 9.17) is 33.1 Å². The van der Waals surface area contributed by atoms with Crippen LogP contribution in [0.1, 0.15) is 10.4 Å². The molecule has 13 heteroatoms. The number of non-ortho nitro benzene ring substituents is 1. The number of carbonyl (C=O) groups excluding carboxylic acids is 2. The first-order valence-corrected chi connectivity index (χ1v) is 9.52. The summed E-state index contributed by atoms with van der Waals surface area (Å²) in [4.78, 5) is 33.7. The molecule has 0 heterocycles. The largest absolute Gasteiger partial charge is 0.452 e. The molecular formula is C15H11Cl2N3O7S. The third-order valence-corrected chi connectivity index (χ3v) is 4.83. The molecule has 3 N–H and O–H groups in total. The highest BCUT2D eigenvalue weighted by Crippen LogP contribution is 2.26. The molecule has 0 unspecified atom stereocenters. The Morgan fingerprint density at radius 1 is 1.14 bits per heavy atom. The summed E-state index contributed by atoms with van der Waals surface area (Å²) >= 11 is 11.7. The van der Waals surface area contributed by atoms with Gasteiger partial charge in [-0.05, 0) is 24.3 Å². The van der Waals surface area contributed by atoms with E-state index in [2.05, 4.69) is 5.32 Å². The summed E-state index contributed by atoms with van der Waals surface area (Å²) in [6.07, 6.45) is 0. The molecule has 2 rings (SSSR count). The van der Waals surface area contributed by atoms with Gasteiger partial charge in [-0.25, -0.2) is 18.4 Å². The molecule has 0 fully saturated rings. The smallest absolute Gasteiger partial charge is 0.340 e. The normalized spacial score (nSPS) is 11.0. The molecule has 2 aromatic carbocycles. The summed E-state index contributed by atoms with van der Waals surface area (Å²) in [6, 6.07) is 6.56. The number of esters is 1. The molecule has 0 saturated heterocycles. The number of carbonyl (C=O) groups is 2. The van der Waals surface area contributed by atoms with E-state index >= 15 is 0 Å². The van der Waals surface area contributed by atoms with Gasteiger partial charge in [-0.15, -0.1) is 0 Å². The van der Waals surface area contributed by atoms with E-state index in [1.165, 1.54) is 6.07 Å². The molecule has 1 amide bonds. The van der Waals surface area contributed by atoms with Crippen LogP contribution in [0.15, 0.2) is 41.3 Å². The maximum atomic E-state index is 12.1. The molecule has 0 aromatic heterocycles. The number of nitrogens with zero attached hydrogens (tertiary/aromatic N) is 1. The zero-order valence-corrected chi connectivity index (χ0v) is 16.0. The number of hydrogen-bond donors (Lipinski definition) is 2. The topological polar surface area (TPSA) is 159 Å². The van der Waals surface area contributed by atoms with E-state index in [0.717, 1.165) is 30.3 Å². The summed E-state index contributed by atoms with van der Waals surface area (Å²) in [5, 5.41) is 17.9. The maximum Gasteiger partial charge on any atom is 0.340 e. The molecular weight excluding hydrogens is 437 g/mol. The van der Waals surface area contributed by atoms with Crippen molar-refractivity contribution in [2.45, 2.75) is 4.90 Å². The first kappa shape index (κ1) is 21.6. The number of rotatable bonds is 6. The average molecular weight is 448 g/mol. The molecule has 0 spiro atoms. The zero-order chi connectivity index (χ0) is 21.1. The molecule has 0 bridgehead atoms. The number of amides is 1. The Balaban J connectivity index is 2.09. The number of benzene rings is 2. The minimum Gasteiger partial charge on any atom is -0.452 e. The maximum absolute atomic E-state index is 12.1. The molecule has 0 radical (unpaired) electrons. The first-order valence-electron chi connectivity index (χ1n) is 7.22. The number of nitro groups is 1. The Bertz CT molecular complexity index is 1070. The highest BCUT2D eigenvalue weighted by atomic mass is 35.5. The van der Waals surface area contributed by atoms with Crippen LogP contribution in [0.4, 0.5) is 11.4 Å². The number of sulfonamides is 1. The van der Waals surface area contributed by atoms with Crippen LogP contribution >= 0.6 is 23.2 Å². The van der Waals surface area contributed by atoms with Gasteiger partial charge in [0.05, 0.1) is 31.1 Å².